The maximum Gasteiger partial charge on any atom is 0.223 e. The highest BCUT2D eigenvalue weighted by molar-refractivity contribution is 5.78. The van der Waals surface area contributed by atoms with E-state index in [1.165, 1.54) is 0 Å². The molecule has 1 aliphatic heterocycles. The summed E-state index contributed by atoms with van der Waals surface area (Å²) >= 11 is 0. The summed E-state index contributed by atoms with van der Waals surface area (Å²) in [6.07, 6.45) is 1.62. The molecule has 15 heavy (non-hydrogen) atoms. The van der Waals surface area contributed by atoms with Gasteiger partial charge in [-0.3, -0.25) is 4.79 Å². The zero-order valence-corrected chi connectivity index (χ0v) is 9.58. The molecule has 0 spiro atoms. The standard InChI is InChI=1S/C11H21NO3/c1-11(2,8-13)7-12-10(14)9-3-5-15-6-4-9/h9,13H,3-8H2,1-2H3,(H,12,14). The predicted octanol–water partition coefficient (Wildman–Crippen LogP) is 0.548. The van der Waals surface area contributed by atoms with Gasteiger partial charge in [-0.2, -0.15) is 0 Å². The largest absolute Gasteiger partial charge is 0.396 e. The van der Waals surface area contributed by atoms with E-state index in [1.807, 2.05) is 13.8 Å². The van der Waals surface area contributed by atoms with Gasteiger partial charge in [0.15, 0.2) is 0 Å². The van der Waals surface area contributed by atoms with Gasteiger partial charge in [0.05, 0.1) is 0 Å². The van der Waals surface area contributed by atoms with Gasteiger partial charge in [-0.15, -0.1) is 0 Å². The number of amides is 1. The lowest BCUT2D eigenvalue weighted by molar-refractivity contribution is -0.128. The minimum Gasteiger partial charge on any atom is -0.396 e. The Kier molecular flexibility index (Phi) is 4.54. The van der Waals surface area contributed by atoms with Crippen molar-refractivity contribution in [1.82, 2.24) is 5.32 Å². The number of carbonyl (C=O) groups excluding carboxylic acids is 1. The van der Waals surface area contributed by atoms with Crippen LogP contribution in [0.3, 0.4) is 0 Å². The van der Waals surface area contributed by atoms with E-state index in [9.17, 15) is 4.79 Å². The molecule has 0 radical (unpaired) electrons. The van der Waals surface area contributed by atoms with Crippen LogP contribution in [0.4, 0.5) is 0 Å². The summed E-state index contributed by atoms with van der Waals surface area (Å²) in [5.74, 6) is 0.188. The second-order valence-corrected chi connectivity index (χ2v) is 4.93. The van der Waals surface area contributed by atoms with E-state index in [0.717, 1.165) is 12.8 Å². The van der Waals surface area contributed by atoms with E-state index in [2.05, 4.69) is 5.32 Å². The Balaban J connectivity index is 2.28. The summed E-state index contributed by atoms with van der Waals surface area (Å²) in [6.45, 7) is 5.83. The average Bonchev–Trinajstić information content (AvgIpc) is 2.27. The molecule has 0 aromatic carbocycles. The molecular formula is C11H21NO3. The van der Waals surface area contributed by atoms with Crippen molar-refractivity contribution in [3.63, 3.8) is 0 Å². The number of hydrogen-bond acceptors (Lipinski definition) is 3. The Labute approximate surface area is 91.0 Å². The first-order valence-corrected chi connectivity index (χ1v) is 5.51. The Bertz CT molecular complexity index is 210. The molecule has 1 fully saturated rings. The number of ether oxygens (including phenoxy) is 1. The molecule has 88 valence electrons. The van der Waals surface area contributed by atoms with Crippen LogP contribution < -0.4 is 5.32 Å². The number of rotatable bonds is 4. The fraction of sp³-hybridized carbons (Fsp3) is 0.909. The van der Waals surface area contributed by atoms with E-state index in [-0.39, 0.29) is 23.8 Å². The molecule has 1 rings (SSSR count). The quantitative estimate of drug-likeness (QED) is 0.720. The van der Waals surface area contributed by atoms with Gasteiger partial charge < -0.3 is 15.2 Å². The summed E-state index contributed by atoms with van der Waals surface area (Å²) in [4.78, 5) is 11.7. The van der Waals surface area contributed by atoms with E-state index in [1.54, 1.807) is 0 Å². The van der Waals surface area contributed by atoms with E-state index >= 15 is 0 Å². The Morgan fingerprint density at radius 3 is 2.60 bits per heavy atom. The van der Waals surface area contributed by atoms with Gasteiger partial charge >= 0.3 is 0 Å². The third-order valence-electron chi connectivity index (χ3n) is 2.76. The van der Waals surface area contributed by atoms with Gasteiger partial charge in [0.25, 0.3) is 0 Å². The fourth-order valence-electron chi connectivity index (χ4n) is 1.49. The Hall–Kier alpha value is -0.610. The number of hydrogen-bond donors (Lipinski definition) is 2. The topological polar surface area (TPSA) is 58.6 Å². The van der Waals surface area contributed by atoms with Gasteiger partial charge in [0, 0.05) is 37.7 Å². The van der Waals surface area contributed by atoms with Gasteiger partial charge in [0.1, 0.15) is 0 Å². The number of carbonyl (C=O) groups is 1. The molecule has 2 N–H and O–H groups in total. The van der Waals surface area contributed by atoms with E-state index < -0.39 is 0 Å². The second-order valence-electron chi connectivity index (χ2n) is 4.93. The molecule has 1 aliphatic rings. The molecule has 1 saturated heterocycles. The smallest absolute Gasteiger partial charge is 0.223 e. The molecule has 0 bridgehead atoms. The molecular weight excluding hydrogens is 194 g/mol. The predicted molar refractivity (Wildman–Crippen MR) is 57.4 cm³/mol. The number of aliphatic hydroxyl groups is 1. The van der Waals surface area contributed by atoms with Crippen LogP contribution in [0.1, 0.15) is 26.7 Å². The maximum absolute atomic E-state index is 11.7. The van der Waals surface area contributed by atoms with Crippen molar-refractivity contribution in [3.05, 3.63) is 0 Å². The van der Waals surface area contributed by atoms with Crippen molar-refractivity contribution in [2.24, 2.45) is 11.3 Å². The van der Waals surface area contributed by atoms with Gasteiger partial charge in [0.2, 0.25) is 5.91 Å². The first-order valence-electron chi connectivity index (χ1n) is 5.51. The minimum atomic E-state index is -0.235. The highest BCUT2D eigenvalue weighted by Gasteiger charge is 2.23. The van der Waals surface area contributed by atoms with Crippen LogP contribution in [0.15, 0.2) is 0 Å². The summed E-state index contributed by atoms with van der Waals surface area (Å²) in [5.41, 5.74) is -0.235. The van der Waals surface area contributed by atoms with Crippen LogP contribution in [0.5, 0.6) is 0 Å². The lowest BCUT2D eigenvalue weighted by Gasteiger charge is -2.25. The summed E-state index contributed by atoms with van der Waals surface area (Å²) in [7, 11) is 0. The monoisotopic (exact) mass is 215 g/mol. The van der Waals surface area contributed by atoms with Gasteiger partial charge in [-0.1, -0.05) is 13.8 Å². The van der Waals surface area contributed by atoms with Crippen molar-refractivity contribution < 1.29 is 14.6 Å². The highest BCUT2D eigenvalue weighted by atomic mass is 16.5. The molecule has 0 aromatic rings. The summed E-state index contributed by atoms with van der Waals surface area (Å²) in [6, 6.07) is 0. The third kappa shape index (κ3) is 4.18. The molecule has 0 aliphatic carbocycles. The van der Waals surface area contributed by atoms with Crippen LogP contribution in [-0.4, -0.2) is 37.4 Å². The van der Waals surface area contributed by atoms with Crippen molar-refractivity contribution >= 4 is 5.91 Å². The van der Waals surface area contributed by atoms with Crippen molar-refractivity contribution in [1.29, 1.82) is 0 Å². The number of nitrogens with one attached hydrogen (secondary N) is 1. The lowest BCUT2D eigenvalue weighted by Crippen LogP contribution is -2.40. The van der Waals surface area contributed by atoms with Crippen LogP contribution in [-0.2, 0) is 9.53 Å². The Morgan fingerprint density at radius 1 is 1.47 bits per heavy atom. The zero-order chi connectivity index (χ0) is 11.3. The molecule has 0 aromatic heterocycles. The SMILES string of the molecule is CC(C)(CO)CNC(=O)C1CCOCC1. The van der Waals surface area contributed by atoms with Crippen molar-refractivity contribution in [2.75, 3.05) is 26.4 Å². The lowest BCUT2D eigenvalue weighted by atomic mass is 9.93. The third-order valence-corrected chi connectivity index (χ3v) is 2.76. The van der Waals surface area contributed by atoms with Crippen LogP contribution >= 0.6 is 0 Å². The Morgan fingerprint density at radius 2 is 2.07 bits per heavy atom. The molecule has 1 heterocycles. The normalized spacial score (nSPS) is 18.9. The van der Waals surface area contributed by atoms with Gasteiger partial charge in [-0.05, 0) is 12.8 Å². The van der Waals surface area contributed by atoms with E-state index in [0.29, 0.717) is 19.8 Å². The first-order chi connectivity index (χ1) is 7.05. The van der Waals surface area contributed by atoms with Crippen LogP contribution in [0, 0.1) is 11.3 Å². The van der Waals surface area contributed by atoms with Crippen molar-refractivity contribution in [3.8, 4) is 0 Å². The van der Waals surface area contributed by atoms with Crippen molar-refractivity contribution in [2.45, 2.75) is 26.7 Å². The molecule has 4 nitrogen and oxygen atoms in total. The molecule has 0 unspecified atom stereocenters. The zero-order valence-electron chi connectivity index (χ0n) is 9.58. The maximum atomic E-state index is 11.7. The summed E-state index contributed by atoms with van der Waals surface area (Å²) < 4.78 is 5.20. The molecule has 4 heteroatoms. The molecule has 1 amide bonds. The minimum absolute atomic E-state index is 0.0844. The average molecular weight is 215 g/mol. The van der Waals surface area contributed by atoms with Gasteiger partial charge in [-0.25, -0.2) is 0 Å². The second kappa shape index (κ2) is 5.47. The number of aliphatic hydroxyl groups excluding tert-OH is 1. The highest BCUT2D eigenvalue weighted by Crippen LogP contribution is 2.16. The van der Waals surface area contributed by atoms with Crippen LogP contribution in [0.25, 0.3) is 0 Å². The summed E-state index contributed by atoms with van der Waals surface area (Å²) in [5, 5.41) is 11.9. The molecule has 0 saturated carbocycles. The van der Waals surface area contributed by atoms with Crippen LogP contribution in [0.2, 0.25) is 0 Å². The van der Waals surface area contributed by atoms with E-state index in [4.69, 9.17) is 9.84 Å². The first kappa shape index (κ1) is 12.5. The fourth-order valence-corrected chi connectivity index (χ4v) is 1.49. The molecule has 0 atom stereocenters.